The van der Waals surface area contributed by atoms with Gasteiger partial charge in [-0.05, 0) is 19.1 Å². The van der Waals surface area contributed by atoms with Crippen LogP contribution in [0.25, 0.3) is 5.69 Å². The van der Waals surface area contributed by atoms with Gasteiger partial charge in [0.15, 0.2) is 0 Å². The topological polar surface area (TPSA) is 67.8 Å². The zero-order valence-corrected chi connectivity index (χ0v) is 9.15. The summed E-state index contributed by atoms with van der Waals surface area (Å²) in [4.78, 5) is 29.5. The molecule has 82 valence electrons. The molecule has 1 N–H and O–H groups in total. The van der Waals surface area contributed by atoms with Crippen LogP contribution in [0.5, 0.6) is 0 Å². The lowest BCUT2D eigenvalue weighted by Gasteiger charge is -2.03. The number of pyridine rings is 1. The summed E-state index contributed by atoms with van der Waals surface area (Å²) in [7, 11) is 0. The predicted molar refractivity (Wildman–Crippen MR) is 60.2 cm³/mol. The molecule has 2 rings (SSSR count). The Morgan fingerprint density at radius 3 is 2.69 bits per heavy atom. The van der Waals surface area contributed by atoms with Crippen molar-refractivity contribution in [3.8, 4) is 5.69 Å². The molecular formula is C10H8ClN3O2. The molecule has 0 aliphatic heterocycles. The van der Waals surface area contributed by atoms with Crippen LogP contribution in [-0.2, 0) is 0 Å². The Balaban J connectivity index is 2.70. The normalized spacial score (nSPS) is 10.4. The first-order valence-corrected chi connectivity index (χ1v) is 4.90. The van der Waals surface area contributed by atoms with E-state index >= 15 is 0 Å². The number of aromatic amines is 1. The van der Waals surface area contributed by atoms with E-state index in [1.807, 2.05) is 6.92 Å². The Labute approximate surface area is 95.3 Å². The molecule has 2 heterocycles. The van der Waals surface area contributed by atoms with Crippen LogP contribution in [0.1, 0.15) is 5.69 Å². The lowest BCUT2D eigenvalue weighted by atomic mass is 10.3. The van der Waals surface area contributed by atoms with Crippen molar-refractivity contribution in [3.63, 3.8) is 0 Å². The Hall–Kier alpha value is -1.88. The van der Waals surface area contributed by atoms with Crippen LogP contribution in [-0.4, -0.2) is 14.5 Å². The van der Waals surface area contributed by atoms with Gasteiger partial charge in [-0.25, -0.2) is 9.36 Å². The number of nitrogens with one attached hydrogen (secondary N) is 1. The molecule has 0 atom stereocenters. The molecule has 0 bridgehead atoms. The Morgan fingerprint density at radius 2 is 2.12 bits per heavy atom. The molecular weight excluding hydrogens is 230 g/mol. The molecule has 0 aliphatic rings. The summed E-state index contributed by atoms with van der Waals surface area (Å²) in [6.45, 7) is 1.82. The Morgan fingerprint density at radius 1 is 1.38 bits per heavy atom. The van der Waals surface area contributed by atoms with Crippen molar-refractivity contribution in [3.05, 3.63) is 56.1 Å². The molecule has 16 heavy (non-hydrogen) atoms. The van der Waals surface area contributed by atoms with E-state index in [4.69, 9.17) is 11.6 Å². The van der Waals surface area contributed by atoms with E-state index in [2.05, 4.69) is 9.97 Å². The molecule has 0 radical (unpaired) electrons. The predicted octanol–water partition coefficient (Wildman–Crippen LogP) is 0.883. The van der Waals surface area contributed by atoms with Crippen molar-refractivity contribution in [1.29, 1.82) is 0 Å². The number of aryl methyl sites for hydroxylation is 1. The fourth-order valence-corrected chi connectivity index (χ4v) is 1.48. The summed E-state index contributed by atoms with van der Waals surface area (Å²) in [5, 5.41) is 0.0197. The number of halogens is 1. The van der Waals surface area contributed by atoms with Gasteiger partial charge >= 0.3 is 5.69 Å². The molecule has 2 aromatic heterocycles. The van der Waals surface area contributed by atoms with E-state index in [-0.39, 0.29) is 5.15 Å². The fraction of sp³-hybridized carbons (Fsp3) is 0.100. The second kappa shape index (κ2) is 3.94. The monoisotopic (exact) mass is 237 g/mol. The summed E-state index contributed by atoms with van der Waals surface area (Å²) < 4.78 is 0.971. The average Bonchev–Trinajstić information content (AvgIpc) is 2.19. The number of aromatic nitrogens is 3. The molecule has 0 saturated heterocycles. The first-order valence-electron chi connectivity index (χ1n) is 4.53. The van der Waals surface area contributed by atoms with Gasteiger partial charge in [0, 0.05) is 11.8 Å². The van der Waals surface area contributed by atoms with Crippen LogP contribution >= 0.6 is 11.6 Å². The molecule has 0 aliphatic carbocycles. The van der Waals surface area contributed by atoms with E-state index in [1.165, 1.54) is 6.20 Å². The maximum atomic E-state index is 11.6. The highest BCUT2D eigenvalue weighted by molar-refractivity contribution is 6.29. The molecule has 0 fully saturated rings. The second-order valence-corrected chi connectivity index (χ2v) is 3.66. The maximum Gasteiger partial charge on any atom is 0.334 e. The highest BCUT2D eigenvalue weighted by Gasteiger charge is 2.05. The third-order valence-electron chi connectivity index (χ3n) is 2.05. The first-order chi connectivity index (χ1) is 7.58. The summed E-state index contributed by atoms with van der Waals surface area (Å²) in [5.41, 5.74) is 0.151. The number of hydrogen-bond acceptors (Lipinski definition) is 3. The van der Waals surface area contributed by atoms with E-state index in [9.17, 15) is 9.59 Å². The molecule has 0 amide bonds. The van der Waals surface area contributed by atoms with Crippen molar-refractivity contribution >= 4 is 11.6 Å². The van der Waals surface area contributed by atoms with Crippen molar-refractivity contribution in [2.45, 2.75) is 6.92 Å². The fourth-order valence-electron chi connectivity index (χ4n) is 1.30. The van der Waals surface area contributed by atoms with Gasteiger partial charge in [0.25, 0.3) is 5.56 Å². The van der Waals surface area contributed by atoms with Crippen LogP contribution in [0.2, 0.25) is 5.15 Å². The number of nitrogens with zero attached hydrogens (tertiary/aromatic N) is 2. The lowest BCUT2D eigenvalue weighted by Crippen LogP contribution is -2.32. The third-order valence-corrected chi connectivity index (χ3v) is 2.26. The SMILES string of the molecule is Cc1ccc(-n2c(=O)cc(Cl)[nH]c2=O)cn1. The summed E-state index contributed by atoms with van der Waals surface area (Å²) in [5.74, 6) is 0. The van der Waals surface area contributed by atoms with Gasteiger partial charge in [-0.1, -0.05) is 11.6 Å². The van der Waals surface area contributed by atoms with E-state index < -0.39 is 11.2 Å². The number of H-pyrrole nitrogens is 1. The van der Waals surface area contributed by atoms with Crippen LogP contribution in [0.4, 0.5) is 0 Å². The van der Waals surface area contributed by atoms with Gasteiger partial charge < -0.3 is 0 Å². The Bertz CT molecular complexity index is 596. The maximum absolute atomic E-state index is 11.6. The van der Waals surface area contributed by atoms with E-state index in [0.717, 1.165) is 16.3 Å². The molecule has 2 aromatic rings. The summed E-state index contributed by atoms with van der Waals surface area (Å²) in [6, 6.07) is 4.51. The highest BCUT2D eigenvalue weighted by Crippen LogP contribution is 2.02. The van der Waals surface area contributed by atoms with Gasteiger partial charge in [0.05, 0.1) is 11.9 Å². The minimum absolute atomic E-state index is 0.0197. The second-order valence-electron chi connectivity index (χ2n) is 3.25. The van der Waals surface area contributed by atoms with Gasteiger partial charge in [-0.15, -0.1) is 0 Å². The van der Waals surface area contributed by atoms with Gasteiger partial charge in [0.1, 0.15) is 5.15 Å². The van der Waals surface area contributed by atoms with E-state index in [1.54, 1.807) is 12.1 Å². The van der Waals surface area contributed by atoms with Crippen LogP contribution in [0.15, 0.2) is 34.0 Å². The standard InChI is InChI=1S/C10H8ClN3O2/c1-6-2-3-7(5-12-6)14-9(15)4-8(11)13-10(14)16/h2-5H,1H3,(H,13,16). The average molecular weight is 238 g/mol. The van der Waals surface area contributed by atoms with Crippen molar-refractivity contribution in [2.75, 3.05) is 0 Å². The summed E-state index contributed by atoms with van der Waals surface area (Å²) >= 11 is 5.55. The zero-order chi connectivity index (χ0) is 11.7. The lowest BCUT2D eigenvalue weighted by molar-refractivity contribution is 0.868. The zero-order valence-electron chi connectivity index (χ0n) is 8.40. The molecule has 6 heteroatoms. The quantitative estimate of drug-likeness (QED) is 0.749. The van der Waals surface area contributed by atoms with Gasteiger partial charge in [-0.3, -0.25) is 14.8 Å². The Kier molecular flexibility index (Phi) is 2.62. The van der Waals surface area contributed by atoms with Crippen molar-refractivity contribution in [2.24, 2.45) is 0 Å². The summed E-state index contributed by atoms with van der Waals surface area (Å²) in [6.07, 6.45) is 1.46. The third kappa shape index (κ3) is 1.90. The minimum atomic E-state index is -0.580. The van der Waals surface area contributed by atoms with Crippen LogP contribution in [0, 0.1) is 6.92 Å². The number of hydrogen-bond donors (Lipinski definition) is 1. The highest BCUT2D eigenvalue weighted by atomic mass is 35.5. The molecule has 5 nitrogen and oxygen atoms in total. The molecule has 0 spiro atoms. The van der Waals surface area contributed by atoms with Crippen LogP contribution in [0.3, 0.4) is 0 Å². The molecule has 0 saturated carbocycles. The van der Waals surface area contributed by atoms with E-state index in [0.29, 0.717) is 5.69 Å². The molecule has 0 aromatic carbocycles. The smallest absolute Gasteiger partial charge is 0.297 e. The van der Waals surface area contributed by atoms with Crippen molar-refractivity contribution < 1.29 is 0 Å². The van der Waals surface area contributed by atoms with Crippen LogP contribution < -0.4 is 11.2 Å². The first kappa shape index (κ1) is 10.6. The van der Waals surface area contributed by atoms with Gasteiger partial charge in [-0.2, -0.15) is 0 Å². The number of rotatable bonds is 1. The van der Waals surface area contributed by atoms with Crippen molar-refractivity contribution in [1.82, 2.24) is 14.5 Å². The molecule has 0 unspecified atom stereocenters. The largest absolute Gasteiger partial charge is 0.334 e. The van der Waals surface area contributed by atoms with Gasteiger partial charge in [0.2, 0.25) is 0 Å². The minimum Gasteiger partial charge on any atom is -0.297 e.